The van der Waals surface area contributed by atoms with Gasteiger partial charge in [0.25, 0.3) is 11.8 Å². The van der Waals surface area contributed by atoms with E-state index in [0.717, 1.165) is 38.4 Å². The van der Waals surface area contributed by atoms with Crippen LogP contribution in [0, 0.1) is 0 Å². The van der Waals surface area contributed by atoms with Gasteiger partial charge in [0.05, 0.1) is 24.3 Å². The quantitative estimate of drug-likeness (QED) is 0.100. The number of halogens is 1. The van der Waals surface area contributed by atoms with Crippen LogP contribution in [-0.2, 0) is 18.4 Å². The van der Waals surface area contributed by atoms with Gasteiger partial charge in [0.2, 0.25) is 0 Å². The highest BCUT2D eigenvalue weighted by atomic mass is 79.9. The van der Waals surface area contributed by atoms with E-state index < -0.39 is 6.10 Å². The van der Waals surface area contributed by atoms with Crippen molar-refractivity contribution >= 4 is 44.9 Å². The first-order chi connectivity index (χ1) is 21.2. The summed E-state index contributed by atoms with van der Waals surface area (Å²) in [5.41, 5.74) is 5.84. The summed E-state index contributed by atoms with van der Waals surface area (Å²) in [4.78, 5) is 37.4. The molecular weight excluding hydrogens is 616 g/mol. The van der Waals surface area contributed by atoms with E-state index in [0.29, 0.717) is 17.7 Å². The monoisotopic (exact) mass is 650 g/mol. The second-order valence-electron chi connectivity index (χ2n) is 10.6. The van der Waals surface area contributed by atoms with Crippen molar-refractivity contribution in [2.45, 2.75) is 26.6 Å². The smallest absolute Gasteiger partial charge is 0.261 e. The molecule has 6 rings (SSSR count). The Morgan fingerprint density at radius 1 is 0.841 bits per heavy atom. The Bertz CT molecular complexity index is 1740. The number of aromatic nitrogens is 1. The first kappa shape index (κ1) is 32.3. The van der Waals surface area contributed by atoms with E-state index in [1.165, 1.54) is 10.5 Å². The summed E-state index contributed by atoms with van der Waals surface area (Å²) in [5, 5.41) is 1.02. The van der Waals surface area contributed by atoms with Gasteiger partial charge in [-0.25, -0.2) is 0 Å². The minimum absolute atomic E-state index is 0.155. The number of fused-ring (bicyclic) bond motifs is 2. The molecule has 0 spiro atoms. The average molecular weight is 652 g/mol. The lowest BCUT2D eigenvalue weighted by atomic mass is 10.1. The van der Waals surface area contributed by atoms with Crippen molar-refractivity contribution in [3.8, 4) is 0 Å². The number of benzene rings is 4. The molecule has 1 aliphatic heterocycles. The Kier molecular flexibility index (Phi) is 11.2. The number of carbonyl (C=O) groups is 3. The molecule has 7 heteroatoms. The third kappa shape index (κ3) is 7.86. The summed E-state index contributed by atoms with van der Waals surface area (Å²) in [6.07, 6.45) is 2.29. The maximum absolute atomic E-state index is 12.8. The predicted octanol–water partition coefficient (Wildman–Crippen LogP) is 8.58. The molecule has 1 atom stereocenters. The lowest BCUT2D eigenvalue weighted by Gasteiger charge is -2.24. The molecular formula is C37H35BrN2O4. The van der Waals surface area contributed by atoms with E-state index >= 15 is 0 Å². The van der Waals surface area contributed by atoms with E-state index in [2.05, 4.69) is 22.5 Å². The molecule has 4 aromatic carbocycles. The highest BCUT2D eigenvalue weighted by Crippen LogP contribution is 2.31. The van der Waals surface area contributed by atoms with E-state index in [4.69, 9.17) is 4.74 Å². The molecule has 0 fully saturated rings. The van der Waals surface area contributed by atoms with Gasteiger partial charge in [-0.05, 0) is 49.2 Å². The third-order valence-corrected chi connectivity index (χ3v) is 7.55. The molecule has 6 nitrogen and oxygen atoms in total. The molecule has 0 saturated heterocycles. The molecule has 0 N–H and O–H groups in total. The summed E-state index contributed by atoms with van der Waals surface area (Å²) in [6, 6.07) is 32.3. The van der Waals surface area contributed by atoms with Gasteiger partial charge in [0.1, 0.15) is 6.10 Å². The van der Waals surface area contributed by atoms with Gasteiger partial charge in [-0.15, -0.1) is 6.58 Å². The van der Waals surface area contributed by atoms with Crippen LogP contribution in [0.3, 0.4) is 0 Å². The fraction of sp³-hybridized carbons (Fsp3) is 0.162. The number of ether oxygens (including phenoxy) is 1. The normalized spacial score (nSPS) is 12.5. The van der Waals surface area contributed by atoms with E-state index in [1.54, 1.807) is 24.3 Å². The number of amides is 2. The van der Waals surface area contributed by atoms with E-state index in [-0.39, 0.29) is 18.4 Å². The second-order valence-corrected chi connectivity index (χ2v) is 11.5. The Hall–Kier alpha value is -4.59. The van der Waals surface area contributed by atoms with Gasteiger partial charge >= 0.3 is 0 Å². The van der Waals surface area contributed by atoms with Gasteiger partial charge in [0.15, 0.2) is 6.29 Å². The first-order valence-electron chi connectivity index (χ1n) is 14.2. The van der Waals surface area contributed by atoms with Crippen molar-refractivity contribution in [2.75, 3.05) is 6.54 Å². The molecule has 1 aliphatic rings. The number of carbonyl (C=O) groups excluding carboxylic acids is 3. The SMILES string of the molecule is C=C(C)C.Cn1cc(C=O)c2ccccc21.O=C1c2ccccc2C(=O)N1C[C@H](OCc1ccccc1)c1ccccc1Br. The van der Waals surface area contributed by atoms with Crippen LogP contribution in [0.1, 0.15) is 62.2 Å². The molecule has 1 aromatic heterocycles. The Morgan fingerprint density at radius 2 is 1.39 bits per heavy atom. The highest BCUT2D eigenvalue weighted by Gasteiger charge is 2.37. The van der Waals surface area contributed by atoms with Crippen LogP contribution in [0.5, 0.6) is 0 Å². The fourth-order valence-corrected chi connectivity index (χ4v) is 5.33. The summed E-state index contributed by atoms with van der Waals surface area (Å²) >= 11 is 3.56. The molecule has 2 heterocycles. The van der Waals surface area contributed by atoms with Crippen molar-refractivity contribution < 1.29 is 19.1 Å². The summed E-state index contributed by atoms with van der Waals surface area (Å²) < 4.78 is 9.01. The maximum atomic E-state index is 12.8. The molecule has 0 radical (unpaired) electrons. The van der Waals surface area contributed by atoms with Crippen LogP contribution in [0.2, 0.25) is 0 Å². The molecule has 224 valence electrons. The Balaban J connectivity index is 0.000000227. The van der Waals surface area contributed by atoms with E-state index in [1.807, 2.05) is 111 Å². The largest absolute Gasteiger partial charge is 0.367 e. The minimum atomic E-state index is -0.446. The van der Waals surface area contributed by atoms with Crippen LogP contribution in [0.15, 0.2) is 126 Å². The van der Waals surface area contributed by atoms with Crippen LogP contribution < -0.4 is 0 Å². The Labute approximate surface area is 266 Å². The number of imide groups is 1. The van der Waals surface area contributed by atoms with Crippen molar-refractivity contribution in [3.05, 3.63) is 154 Å². The summed E-state index contributed by atoms with van der Waals surface area (Å²) in [5.74, 6) is -0.554. The maximum Gasteiger partial charge on any atom is 0.261 e. The number of rotatable bonds is 7. The van der Waals surface area contributed by atoms with E-state index in [9.17, 15) is 14.4 Å². The van der Waals surface area contributed by atoms with Gasteiger partial charge < -0.3 is 9.30 Å². The van der Waals surface area contributed by atoms with Gasteiger partial charge in [-0.3, -0.25) is 19.3 Å². The number of hydrogen-bond acceptors (Lipinski definition) is 4. The summed E-state index contributed by atoms with van der Waals surface area (Å²) in [6.45, 7) is 8.04. The zero-order chi connectivity index (χ0) is 31.6. The van der Waals surface area contributed by atoms with Crippen LogP contribution in [0.25, 0.3) is 10.9 Å². The minimum Gasteiger partial charge on any atom is -0.367 e. The third-order valence-electron chi connectivity index (χ3n) is 6.83. The number of nitrogens with zero attached hydrogens (tertiary/aromatic N) is 2. The van der Waals surface area contributed by atoms with Crippen molar-refractivity contribution in [1.82, 2.24) is 9.47 Å². The molecule has 0 unspecified atom stereocenters. The zero-order valence-electron chi connectivity index (χ0n) is 25.1. The fourth-order valence-electron chi connectivity index (χ4n) is 4.79. The first-order valence-corrected chi connectivity index (χ1v) is 15.0. The van der Waals surface area contributed by atoms with Gasteiger partial charge in [-0.1, -0.05) is 100 Å². The standard InChI is InChI=1S/C23H18BrNO3.C10H9NO.C4H8/c24-20-13-7-6-12-19(20)21(28-15-16-8-2-1-3-9-16)14-25-22(26)17-10-4-5-11-18(17)23(25)27;1-11-6-8(7-12)9-4-2-3-5-10(9)11;1-4(2)3/h1-13,21H,14-15H2;2-7H,1H3;1H2,2-3H3/t21-;;/m0../s1. The molecule has 0 aliphatic carbocycles. The van der Waals surface area contributed by atoms with Crippen molar-refractivity contribution in [3.63, 3.8) is 0 Å². The molecule has 5 aromatic rings. The zero-order valence-corrected chi connectivity index (χ0v) is 26.7. The summed E-state index contributed by atoms with van der Waals surface area (Å²) in [7, 11) is 1.94. The van der Waals surface area contributed by atoms with Crippen LogP contribution >= 0.6 is 15.9 Å². The van der Waals surface area contributed by atoms with Gasteiger partial charge in [-0.2, -0.15) is 0 Å². The number of hydrogen-bond donors (Lipinski definition) is 0. The molecule has 0 saturated carbocycles. The molecule has 0 bridgehead atoms. The molecule has 44 heavy (non-hydrogen) atoms. The van der Waals surface area contributed by atoms with Gasteiger partial charge in [0, 0.05) is 34.2 Å². The predicted molar refractivity (Wildman–Crippen MR) is 179 cm³/mol. The van der Waals surface area contributed by atoms with Crippen molar-refractivity contribution in [1.29, 1.82) is 0 Å². The number of para-hydroxylation sites is 1. The highest BCUT2D eigenvalue weighted by molar-refractivity contribution is 9.10. The van der Waals surface area contributed by atoms with Crippen LogP contribution in [0.4, 0.5) is 0 Å². The number of aldehydes is 1. The van der Waals surface area contributed by atoms with Crippen LogP contribution in [-0.4, -0.2) is 34.1 Å². The lowest BCUT2D eigenvalue weighted by Crippen LogP contribution is -2.34. The van der Waals surface area contributed by atoms with Crippen molar-refractivity contribution in [2.24, 2.45) is 7.05 Å². The lowest BCUT2D eigenvalue weighted by molar-refractivity contribution is 0.0151. The number of aryl methyl sites for hydroxylation is 1. The second kappa shape index (κ2) is 15.2. The topological polar surface area (TPSA) is 68.6 Å². The number of allylic oxidation sites excluding steroid dienone is 1. The Morgan fingerprint density at radius 3 is 2.00 bits per heavy atom. The average Bonchev–Trinajstić information content (AvgIpc) is 3.48. The molecule has 2 amide bonds.